The van der Waals surface area contributed by atoms with Crippen LogP contribution in [0.1, 0.15) is 13.8 Å². The van der Waals surface area contributed by atoms with Crippen molar-refractivity contribution in [3.63, 3.8) is 0 Å². The minimum atomic E-state index is -3.36. The van der Waals surface area contributed by atoms with Crippen LogP contribution in [0.15, 0.2) is 33.6 Å². The van der Waals surface area contributed by atoms with E-state index in [-0.39, 0.29) is 0 Å². The lowest BCUT2D eigenvalue weighted by atomic mass is 10.3. The van der Waals surface area contributed by atoms with Gasteiger partial charge < -0.3 is 0 Å². The smallest absolute Gasteiger partial charge is 0.243 e. The summed E-state index contributed by atoms with van der Waals surface area (Å²) < 4.78 is 27.4. The highest BCUT2D eigenvalue weighted by Crippen LogP contribution is 2.21. The Labute approximate surface area is 123 Å². The first-order chi connectivity index (χ1) is 8.91. The fourth-order valence-electron chi connectivity index (χ4n) is 2.24. The third kappa shape index (κ3) is 3.37. The lowest BCUT2D eigenvalue weighted by Gasteiger charge is -2.36. The average Bonchev–Trinajstić information content (AvgIpc) is 2.39. The van der Waals surface area contributed by atoms with Crippen molar-refractivity contribution in [3.05, 3.63) is 28.7 Å². The first kappa shape index (κ1) is 15.0. The summed E-state index contributed by atoms with van der Waals surface area (Å²) in [6.07, 6.45) is 0. The molecule has 0 bridgehead atoms. The normalized spacial score (nSPS) is 18.9. The summed E-state index contributed by atoms with van der Waals surface area (Å²) in [4.78, 5) is 2.66. The molecule has 0 radical (unpaired) electrons. The standard InChI is InChI=1S/C13H19BrN2O2S/c1-11(2)15-6-8-16(9-7-15)19(17,18)13-5-3-4-12(14)10-13/h3-5,10-11H,6-9H2,1-2H3. The third-order valence-corrected chi connectivity index (χ3v) is 5.83. The molecule has 1 aromatic carbocycles. The Hall–Kier alpha value is -0.430. The number of benzene rings is 1. The Balaban J connectivity index is 2.14. The van der Waals surface area contributed by atoms with Gasteiger partial charge in [-0.1, -0.05) is 22.0 Å². The molecule has 4 nitrogen and oxygen atoms in total. The van der Waals surface area contributed by atoms with Crippen LogP contribution in [0.25, 0.3) is 0 Å². The van der Waals surface area contributed by atoms with Gasteiger partial charge in [0.25, 0.3) is 0 Å². The topological polar surface area (TPSA) is 40.6 Å². The van der Waals surface area contributed by atoms with E-state index in [1.54, 1.807) is 22.5 Å². The average molecular weight is 347 g/mol. The Kier molecular flexibility index (Phi) is 4.66. The van der Waals surface area contributed by atoms with E-state index in [9.17, 15) is 8.42 Å². The van der Waals surface area contributed by atoms with Crippen LogP contribution in [-0.4, -0.2) is 49.8 Å². The molecule has 106 valence electrons. The van der Waals surface area contributed by atoms with E-state index >= 15 is 0 Å². The van der Waals surface area contributed by atoms with Gasteiger partial charge in [0.1, 0.15) is 0 Å². The van der Waals surface area contributed by atoms with Gasteiger partial charge in [0.05, 0.1) is 4.90 Å². The minimum Gasteiger partial charge on any atom is -0.298 e. The zero-order valence-corrected chi connectivity index (χ0v) is 13.6. The molecule has 0 atom stereocenters. The molecule has 0 spiro atoms. The highest BCUT2D eigenvalue weighted by Gasteiger charge is 2.29. The van der Waals surface area contributed by atoms with Gasteiger partial charge in [-0.25, -0.2) is 8.42 Å². The van der Waals surface area contributed by atoms with Crippen molar-refractivity contribution in [3.8, 4) is 0 Å². The lowest BCUT2D eigenvalue weighted by Crippen LogP contribution is -2.50. The summed E-state index contributed by atoms with van der Waals surface area (Å²) in [6.45, 7) is 6.99. The van der Waals surface area contributed by atoms with Crippen molar-refractivity contribution in [2.45, 2.75) is 24.8 Å². The van der Waals surface area contributed by atoms with Crippen LogP contribution in [0.3, 0.4) is 0 Å². The van der Waals surface area contributed by atoms with Gasteiger partial charge >= 0.3 is 0 Å². The molecule has 0 aliphatic carbocycles. The molecule has 1 aromatic rings. The summed E-state index contributed by atoms with van der Waals surface area (Å²) in [5, 5.41) is 0. The summed E-state index contributed by atoms with van der Waals surface area (Å²) in [5.41, 5.74) is 0. The van der Waals surface area contributed by atoms with E-state index in [2.05, 4.69) is 34.7 Å². The molecular formula is C13H19BrN2O2S. The number of hydrogen-bond acceptors (Lipinski definition) is 3. The van der Waals surface area contributed by atoms with Crippen LogP contribution in [-0.2, 0) is 10.0 Å². The minimum absolute atomic E-state index is 0.361. The second-order valence-electron chi connectivity index (χ2n) is 4.99. The Morgan fingerprint density at radius 2 is 1.79 bits per heavy atom. The van der Waals surface area contributed by atoms with Crippen molar-refractivity contribution in [2.75, 3.05) is 26.2 Å². The number of nitrogens with zero attached hydrogens (tertiary/aromatic N) is 2. The first-order valence-electron chi connectivity index (χ1n) is 6.41. The van der Waals surface area contributed by atoms with Gasteiger partial charge in [-0.15, -0.1) is 0 Å². The fourth-order valence-corrected chi connectivity index (χ4v) is 4.26. The summed E-state index contributed by atoms with van der Waals surface area (Å²) in [5.74, 6) is 0. The van der Waals surface area contributed by atoms with Crippen LogP contribution < -0.4 is 0 Å². The molecule has 6 heteroatoms. The van der Waals surface area contributed by atoms with Gasteiger partial charge in [0.15, 0.2) is 0 Å². The van der Waals surface area contributed by atoms with Crippen LogP contribution in [0.5, 0.6) is 0 Å². The highest BCUT2D eigenvalue weighted by molar-refractivity contribution is 9.10. The molecule has 1 fully saturated rings. The summed E-state index contributed by atoms with van der Waals surface area (Å²) in [6, 6.07) is 7.35. The van der Waals surface area contributed by atoms with E-state index in [0.717, 1.165) is 17.6 Å². The van der Waals surface area contributed by atoms with Crippen LogP contribution in [0.2, 0.25) is 0 Å². The zero-order chi connectivity index (χ0) is 14.0. The maximum Gasteiger partial charge on any atom is 0.243 e. The fraction of sp³-hybridized carbons (Fsp3) is 0.538. The molecule has 0 aromatic heterocycles. The van der Waals surface area contributed by atoms with Gasteiger partial charge in [0.2, 0.25) is 10.0 Å². The molecule has 2 rings (SSSR count). The summed E-state index contributed by atoms with van der Waals surface area (Å²) >= 11 is 3.32. The Morgan fingerprint density at radius 3 is 2.32 bits per heavy atom. The maximum absolute atomic E-state index is 12.5. The molecule has 1 heterocycles. The SMILES string of the molecule is CC(C)N1CCN(S(=O)(=O)c2cccc(Br)c2)CC1. The summed E-state index contributed by atoms with van der Waals surface area (Å²) in [7, 11) is -3.36. The van der Waals surface area contributed by atoms with Crippen LogP contribution >= 0.6 is 15.9 Å². The zero-order valence-electron chi connectivity index (χ0n) is 11.2. The van der Waals surface area contributed by atoms with Crippen molar-refractivity contribution >= 4 is 26.0 Å². The molecule has 19 heavy (non-hydrogen) atoms. The third-order valence-electron chi connectivity index (χ3n) is 3.44. The Morgan fingerprint density at radius 1 is 1.16 bits per heavy atom. The molecule has 0 saturated carbocycles. The van der Waals surface area contributed by atoms with Crippen LogP contribution in [0, 0.1) is 0 Å². The number of rotatable bonds is 3. The maximum atomic E-state index is 12.5. The van der Waals surface area contributed by atoms with E-state index in [0.29, 0.717) is 24.0 Å². The van der Waals surface area contributed by atoms with Crippen molar-refractivity contribution < 1.29 is 8.42 Å². The van der Waals surface area contributed by atoms with Crippen LogP contribution in [0.4, 0.5) is 0 Å². The number of piperazine rings is 1. The van der Waals surface area contributed by atoms with Crippen molar-refractivity contribution in [2.24, 2.45) is 0 Å². The lowest BCUT2D eigenvalue weighted by molar-refractivity contribution is 0.154. The second-order valence-corrected chi connectivity index (χ2v) is 7.84. The first-order valence-corrected chi connectivity index (χ1v) is 8.64. The Bertz CT molecular complexity index is 537. The molecule has 0 amide bonds. The van der Waals surface area contributed by atoms with E-state index < -0.39 is 10.0 Å². The van der Waals surface area contributed by atoms with Gasteiger partial charge in [-0.05, 0) is 32.0 Å². The van der Waals surface area contributed by atoms with Crippen molar-refractivity contribution in [1.29, 1.82) is 0 Å². The second kappa shape index (κ2) is 5.91. The molecule has 1 aliphatic heterocycles. The largest absolute Gasteiger partial charge is 0.298 e. The predicted molar refractivity (Wildman–Crippen MR) is 79.6 cm³/mol. The number of sulfonamides is 1. The quantitative estimate of drug-likeness (QED) is 0.841. The molecule has 0 N–H and O–H groups in total. The van der Waals surface area contributed by atoms with Gasteiger partial charge in [-0.2, -0.15) is 4.31 Å². The van der Waals surface area contributed by atoms with E-state index in [1.807, 2.05) is 6.07 Å². The van der Waals surface area contributed by atoms with Crippen molar-refractivity contribution in [1.82, 2.24) is 9.21 Å². The molecule has 1 aliphatic rings. The molecule has 1 saturated heterocycles. The van der Waals surface area contributed by atoms with Gasteiger partial charge in [-0.3, -0.25) is 4.90 Å². The van der Waals surface area contributed by atoms with E-state index in [4.69, 9.17) is 0 Å². The van der Waals surface area contributed by atoms with E-state index in [1.165, 1.54) is 0 Å². The molecule has 0 unspecified atom stereocenters. The monoisotopic (exact) mass is 346 g/mol. The number of hydrogen-bond donors (Lipinski definition) is 0. The highest BCUT2D eigenvalue weighted by atomic mass is 79.9. The number of halogens is 1. The van der Waals surface area contributed by atoms with Gasteiger partial charge in [0, 0.05) is 36.7 Å². The predicted octanol–water partition coefficient (Wildman–Crippen LogP) is 2.16. The molecular weight excluding hydrogens is 328 g/mol.